The summed E-state index contributed by atoms with van der Waals surface area (Å²) in [6.45, 7) is 9.78. The Morgan fingerprint density at radius 3 is 2.94 bits per heavy atom. The average Bonchev–Trinajstić information content (AvgIpc) is 2.67. The Morgan fingerprint density at radius 2 is 2.29 bits per heavy atom. The zero-order valence-corrected chi connectivity index (χ0v) is 11.2. The highest BCUT2D eigenvalue weighted by Gasteiger charge is 2.31. The topological polar surface area (TPSA) is 28.2 Å². The lowest BCUT2D eigenvalue weighted by atomic mass is 10.0. The van der Waals surface area contributed by atoms with Crippen molar-refractivity contribution in [3.05, 3.63) is 24.0 Å². The van der Waals surface area contributed by atoms with Crippen molar-refractivity contribution in [1.82, 2.24) is 10.3 Å². The molecule has 94 valence electrons. The molecule has 2 heterocycles. The van der Waals surface area contributed by atoms with Crippen molar-refractivity contribution in [2.75, 3.05) is 18.0 Å². The van der Waals surface area contributed by atoms with Crippen LogP contribution in [0.5, 0.6) is 0 Å². The van der Waals surface area contributed by atoms with E-state index in [-0.39, 0.29) is 5.54 Å². The first-order valence-corrected chi connectivity index (χ1v) is 6.57. The summed E-state index contributed by atoms with van der Waals surface area (Å²) in [4.78, 5) is 6.91. The molecular weight excluding hydrogens is 210 g/mol. The van der Waals surface area contributed by atoms with Crippen LogP contribution in [0.3, 0.4) is 0 Å². The number of nitrogens with zero attached hydrogens (tertiary/aromatic N) is 2. The van der Waals surface area contributed by atoms with Gasteiger partial charge in [-0.15, -0.1) is 0 Å². The number of anilines is 1. The summed E-state index contributed by atoms with van der Waals surface area (Å²) in [5.41, 5.74) is 2.74. The van der Waals surface area contributed by atoms with Crippen molar-refractivity contribution in [2.45, 2.75) is 45.7 Å². The van der Waals surface area contributed by atoms with Crippen LogP contribution in [0.2, 0.25) is 0 Å². The molecule has 2 rings (SSSR count). The molecule has 0 spiro atoms. The normalized spacial score (nSPS) is 18.6. The van der Waals surface area contributed by atoms with Crippen LogP contribution in [-0.2, 0) is 6.54 Å². The Hall–Kier alpha value is -1.09. The predicted octanol–water partition coefficient (Wildman–Crippen LogP) is 2.57. The Morgan fingerprint density at radius 1 is 1.47 bits per heavy atom. The molecule has 0 radical (unpaired) electrons. The molecule has 17 heavy (non-hydrogen) atoms. The smallest absolute Gasteiger partial charge is 0.0562 e. The molecule has 1 saturated heterocycles. The van der Waals surface area contributed by atoms with Gasteiger partial charge in [-0.2, -0.15) is 0 Å². The lowest BCUT2D eigenvalue weighted by molar-refractivity contribution is 0.517. The van der Waals surface area contributed by atoms with Crippen LogP contribution in [0.4, 0.5) is 5.69 Å². The minimum atomic E-state index is 0.289. The molecule has 0 atom stereocenters. The third-order valence-corrected chi connectivity index (χ3v) is 3.57. The quantitative estimate of drug-likeness (QED) is 0.866. The standard InChI is InChI=1S/C14H23N3/c1-4-15-11-12-10-13(6-8-16-12)17-9-5-7-14(17,2)3/h6,8,10,15H,4-5,7,9,11H2,1-3H3. The van der Waals surface area contributed by atoms with Gasteiger partial charge in [0.1, 0.15) is 0 Å². The van der Waals surface area contributed by atoms with Gasteiger partial charge in [0.25, 0.3) is 0 Å². The van der Waals surface area contributed by atoms with Crippen molar-refractivity contribution in [3.8, 4) is 0 Å². The molecule has 1 aromatic heterocycles. The van der Waals surface area contributed by atoms with Gasteiger partial charge in [0, 0.05) is 30.5 Å². The fraction of sp³-hybridized carbons (Fsp3) is 0.643. The molecule has 0 aliphatic carbocycles. The number of hydrogen-bond acceptors (Lipinski definition) is 3. The van der Waals surface area contributed by atoms with E-state index < -0.39 is 0 Å². The van der Waals surface area contributed by atoms with Crippen molar-refractivity contribution >= 4 is 5.69 Å². The van der Waals surface area contributed by atoms with Gasteiger partial charge in [0.15, 0.2) is 0 Å². The summed E-state index contributed by atoms with van der Waals surface area (Å²) in [6.07, 6.45) is 4.49. The van der Waals surface area contributed by atoms with Gasteiger partial charge in [0.2, 0.25) is 0 Å². The highest BCUT2D eigenvalue weighted by Crippen LogP contribution is 2.33. The lowest BCUT2D eigenvalue weighted by Gasteiger charge is -2.33. The maximum Gasteiger partial charge on any atom is 0.0562 e. The van der Waals surface area contributed by atoms with Gasteiger partial charge >= 0.3 is 0 Å². The van der Waals surface area contributed by atoms with E-state index in [9.17, 15) is 0 Å². The van der Waals surface area contributed by atoms with Crippen molar-refractivity contribution in [2.24, 2.45) is 0 Å². The second-order valence-electron chi connectivity index (χ2n) is 5.35. The number of rotatable bonds is 4. The van der Waals surface area contributed by atoms with Gasteiger partial charge in [-0.3, -0.25) is 4.98 Å². The minimum absolute atomic E-state index is 0.289. The molecule has 0 saturated carbocycles. The van der Waals surface area contributed by atoms with E-state index in [1.807, 2.05) is 6.20 Å². The number of hydrogen-bond donors (Lipinski definition) is 1. The van der Waals surface area contributed by atoms with Crippen LogP contribution in [0.15, 0.2) is 18.3 Å². The van der Waals surface area contributed by atoms with Crippen LogP contribution in [-0.4, -0.2) is 23.6 Å². The highest BCUT2D eigenvalue weighted by atomic mass is 15.2. The summed E-state index contributed by atoms with van der Waals surface area (Å²) >= 11 is 0. The molecule has 0 aromatic carbocycles. The largest absolute Gasteiger partial charge is 0.366 e. The molecule has 1 aliphatic rings. The number of aromatic nitrogens is 1. The molecule has 3 nitrogen and oxygen atoms in total. The Labute approximate surface area is 104 Å². The fourth-order valence-corrected chi connectivity index (χ4v) is 2.57. The number of nitrogens with one attached hydrogen (secondary N) is 1. The second kappa shape index (κ2) is 5.05. The van der Waals surface area contributed by atoms with Crippen LogP contribution < -0.4 is 10.2 Å². The second-order valence-corrected chi connectivity index (χ2v) is 5.35. The summed E-state index contributed by atoms with van der Waals surface area (Å²) in [5.74, 6) is 0. The third-order valence-electron chi connectivity index (χ3n) is 3.57. The lowest BCUT2D eigenvalue weighted by Crippen LogP contribution is -2.38. The third kappa shape index (κ3) is 2.78. The molecular formula is C14H23N3. The monoisotopic (exact) mass is 233 g/mol. The Kier molecular flexibility index (Phi) is 3.67. The van der Waals surface area contributed by atoms with E-state index >= 15 is 0 Å². The number of pyridine rings is 1. The Balaban J connectivity index is 2.15. The van der Waals surface area contributed by atoms with Gasteiger partial charge in [-0.25, -0.2) is 0 Å². The zero-order valence-electron chi connectivity index (χ0n) is 11.2. The van der Waals surface area contributed by atoms with Crippen molar-refractivity contribution in [3.63, 3.8) is 0 Å². The molecule has 0 unspecified atom stereocenters. The molecule has 1 N–H and O–H groups in total. The summed E-state index contributed by atoms with van der Waals surface area (Å²) in [6, 6.07) is 4.35. The molecule has 0 bridgehead atoms. The average molecular weight is 233 g/mol. The minimum Gasteiger partial charge on any atom is -0.366 e. The van der Waals surface area contributed by atoms with Gasteiger partial charge < -0.3 is 10.2 Å². The van der Waals surface area contributed by atoms with Crippen LogP contribution >= 0.6 is 0 Å². The SMILES string of the molecule is CCNCc1cc(N2CCCC2(C)C)ccn1. The van der Waals surface area contributed by atoms with Crippen LogP contribution in [0.25, 0.3) is 0 Å². The van der Waals surface area contributed by atoms with E-state index in [1.165, 1.54) is 18.5 Å². The van der Waals surface area contributed by atoms with Gasteiger partial charge in [-0.1, -0.05) is 6.92 Å². The Bertz CT molecular complexity index is 373. The molecule has 1 aromatic rings. The maximum atomic E-state index is 4.41. The van der Waals surface area contributed by atoms with Crippen LogP contribution in [0.1, 0.15) is 39.3 Å². The van der Waals surface area contributed by atoms with Crippen molar-refractivity contribution < 1.29 is 0 Å². The van der Waals surface area contributed by atoms with E-state index in [2.05, 4.69) is 48.1 Å². The molecule has 3 heteroatoms. The first-order chi connectivity index (χ1) is 8.13. The molecule has 0 amide bonds. The van der Waals surface area contributed by atoms with Crippen molar-refractivity contribution in [1.29, 1.82) is 0 Å². The van der Waals surface area contributed by atoms with Gasteiger partial charge in [0.05, 0.1) is 5.69 Å². The zero-order chi connectivity index (χ0) is 12.3. The maximum absolute atomic E-state index is 4.41. The van der Waals surface area contributed by atoms with E-state index in [1.54, 1.807) is 0 Å². The summed E-state index contributed by atoms with van der Waals surface area (Å²) in [5, 5.41) is 3.32. The predicted molar refractivity (Wildman–Crippen MR) is 72.3 cm³/mol. The van der Waals surface area contributed by atoms with E-state index in [0.717, 1.165) is 25.3 Å². The van der Waals surface area contributed by atoms with E-state index in [0.29, 0.717) is 0 Å². The van der Waals surface area contributed by atoms with Gasteiger partial charge in [-0.05, 0) is 45.4 Å². The molecule has 1 fully saturated rings. The first-order valence-electron chi connectivity index (χ1n) is 6.57. The van der Waals surface area contributed by atoms with Crippen LogP contribution in [0, 0.1) is 0 Å². The highest BCUT2D eigenvalue weighted by molar-refractivity contribution is 5.50. The summed E-state index contributed by atoms with van der Waals surface area (Å²) < 4.78 is 0. The van der Waals surface area contributed by atoms with E-state index in [4.69, 9.17) is 0 Å². The fourth-order valence-electron chi connectivity index (χ4n) is 2.57. The first kappa shape index (κ1) is 12.4. The molecule has 1 aliphatic heterocycles. The summed E-state index contributed by atoms with van der Waals surface area (Å²) in [7, 11) is 0.